The van der Waals surface area contributed by atoms with Crippen LogP contribution in [0.2, 0.25) is 0 Å². The molecular weight excluding hydrogens is 362 g/mol. The van der Waals surface area contributed by atoms with Crippen molar-refractivity contribution in [1.82, 2.24) is 4.90 Å². The number of hydrogen-bond acceptors (Lipinski definition) is 8. The minimum absolute atomic E-state index is 0.176. The molecule has 138 valence electrons. The number of amides is 2. The minimum Gasteiger partial charge on any atom is -0.482 e. The van der Waals surface area contributed by atoms with Gasteiger partial charge in [-0.1, -0.05) is 12.1 Å². The molecule has 1 saturated heterocycles. The summed E-state index contributed by atoms with van der Waals surface area (Å²) in [5, 5.41) is -0.521. The Morgan fingerprint density at radius 2 is 1.85 bits per heavy atom. The predicted octanol–water partition coefficient (Wildman–Crippen LogP) is 1.84. The van der Waals surface area contributed by atoms with Gasteiger partial charge < -0.3 is 14.2 Å². The highest BCUT2D eigenvalue weighted by molar-refractivity contribution is 8.18. The number of imide groups is 1. The van der Waals surface area contributed by atoms with E-state index in [9.17, 15) is 19.2 Å². The zero-order chi connectivity index (χ0) is 19.1. The average Bonchev–Trinajstić information content (AvgIpc) is 2.88. The molecule has 0 unspecified atom stereocenters. The van der Waals surface area contributed by atoms with Crippen molar-refractivity contribution in [1.29, 1.82) is 0 Å². The molecule has 1 heterocycles. The number of ether oxygens (including phenoxy) is 3. The summed E-state index contributed by atoms with van der Waals surface area (Å²) in [7, 11) is 1.27. The van der Waals surface area contributed by atoms with E-state index in [2.05, 4.69) is 4.74 Å². The summed E-state index contributed by atoms with van der Waals surface area (Å²) < 4.78 is 14.5. The molecule has 0 N–H and O–H groups in total. The highest BCUT2D eigenvalue weighted by atomic mass is 32.2. The van der Waals surface area contributed by atoms with E-state index in [0.717, 1.165) is 16.7 Å². The van der Waals surface area contributed by atoms with Gasteiger partial charge in [0.2, 0.25) is 0 Å². The van der Waals surface area contributed by atoms with Gasteiger partial charge >= 0.3 is 11.9 Å². The normalized spacial score (nSPS) is 15.3. The average molecular weight is 379 g/mol. The first-order chi connectivity index (χ1) is 12.4. The van der Waals surface area contributed by atoms with Crippen LogP contribution in [0.15, 0.2) is 29.2 Å². The fraction of sp³-hybridized carbons (Fsp3) is 0.294. The second kappa shape index (κ2) is 9.04. The van der Waals surface area contributed by atoms with E-state index in [1.807, 2.05) is 0 Å². The van der Waals surface area contributed by atoms with Crippen LogP contribution in [0.5, 0.6) is 5.75 Å². The molecule has 0 aromatic heterocycles. The summed E-state index contributed by atoms with van der Waals surface area (Å²) in [6.45, 7) is 1.21. The third-order valence-electron chi connectivity index (χ3n) is 3.23. The molecule has 8 nitrogen and oxygen atoms in total. The van der Waals surface area contributed by atoms with Crippen molar-refractivity contribution in [3.8, 4) is 5.75 Å². The number of benzene rings is 1. The fourth-order valence-corrected chi connectivity index (χ4v) is 2.82. The number of esters is 2. The van der Waals surface area contributed by atoms with Crippen LogP contribution >= 0.6 is 11.8 Å². The van der Waals surface area contributed by atoms with E-state index in [1.165, 1.54) is 7.11 Å². The second-order valence-corrected chi connectivity index (χ2v) is 6.00. The van der Waals surface area contributed by atoms with Crippen molar-refractivity contribution in [3.63, 3.8) is 0 Å². The van der Waals surface area contributed by atoms with Crippen molar-refractivity contribution >= 4 is 40.9 Å². The Morgan fingerprint density at radius 3 is 2.46 bits per heavy atom. The Kier molecular flexibility index (Phi) is 6.79. The summed E-state index contributed by atoms with van der Waals surface area (Å²) in [4.78, 5) is 47.8. The number of thioether (sulfide) groups is 1. The van der Waals surface area contributed by atoms with Crippen LogP contribution in [-0.4, -0.2) is 54.9 Å². The molecule has 2 rings (SSSR count). The van der Waals surface area contributed by atoms with E-state index in [0.29, 0.717) is 11.3 Å². The first kappa shape index (κ1) is 19.5. The molecule has 26 heavy (non-hydrogen) atoms. The maximum Gasteiger partial charge on any atom is 0.343 e. The third kappa shape index (κ3) is 5.09. The second-order valence-electron chi connectivity index (χ2n) is 5.01. The zero-order valence-corrected chi connectivity index (χ0v) is 15.0. The molecule has 1 aliphatic heterocycles. The van der Waals surface area contributed by atoms with Gasteiger partial charge in [0.1, 0.15) is 12.3 Å². The molecule has 0 atom stereocenters. The van der Waals surface area contributed by atoms with E-state index in [4.69, 9.17) is 9.47 Å². The molecule has 1 aromatic rings. The fourth-order valence-electron chi connectivity index (χ4n) is 1.98. The minimum atomic E-state index is -0.636. The van der Waals surface area contributed by atoms with Gasteiger partial charge in [0.25, 0.3) is 11.1 Å². The van der Waals surface area contributed by atoms with Crippen LogP contribution in [0, 0.1) is 0 Å². The first-order valence-electron chi connectivity index (χ1n) is 7.65. The monoisotopic (exact) mass is 379 g/mol. The van der Waals surface area contributed by atoms with Crippen LogP contribution in [0.4, 0.5) is 4.79 Å². The summed E-state index contributed by atoms with van der Waals surface area (Å²) in [6.07, 6.45) is 1.54. The Labute approximate surface area is 154 Å². The van der Waals surface area contributed by atoms with E-state index < -0.39 is 29.6 Å². The number of rotatable bonds is 7. The van der Waals surface area contributed by atoms with Crippen LogP contribution < -0.4 is 4.74 Å². The van der Waals surface area contributed by atoms with Gasteiger partial charge in [0.15, 0.2) is 6.61 Å². The Bertz CT molecular complexity index is 742. The van der Waals surface area contributed by atoms with Crippen molar-refractivity contribution in [2.24, 2.45) is 0 Å². The standard InChI is InChI=1S/C17H17NO7S/c1-3-24-14(19)9-18-16(21)13(26-17(18)22)8-11-4-6-12(7-5-11)25-10-15(20)23-2/h4-8H,3,9-10H2,1-2H3/b13-8+. The lowest BCUT2D eigenvalue weighted by atomic mass is 10.2. The van der Waals surface area contributed by atoms with Gasteiger partial charge in [-0.05, 0) is 42.5 Å². The number of carbonyl (C=O) groups excluding carboxylic acids is 4. The zero-order valence-electron chi connectivity index (χ0n) is 14.2. The Balaban J connectivity index is 2.03. The summed E-state index contributed by atoms with van der Waals surface area (Å²) >= 11 is 0.756. The smallest absolute Gasteiger partial charge is 0.343 e. The third-order valence-corrected chi connectivity index (χ3v) is 4.14. The van der Waals surface area contributed by atoms with Gasteiger partial charge in [-0.2, -0.15) is 0 Å². The molecule has 0 radical (unpaired) electrons. The van der Waals surface area contributed by atoms with Crippen LogP contribution in [0.25, 0.3) is 6.08 Å². The SMILES string of the molecule is CCOC(=O)CN1C(=O)S/C(=C/c2ccc(OCC(=O)OC)cc2)C1=O. The molecule has 1 fully saturated rings. The van der Waals surface area contributed by atoms with Crippen LogP contribution in [0.3, 0.4) is 0 Å². The van der Waals surface area contributed by atoms with Gasteiger partial charge in [0, 0.05) is 0 Å². The summed E-state index contributed by atoms with van der Waals surface area (Å²) in [6, 6.07) is 6.59. The molecule has 1 aliphatic rings. The molecule has 0 bridgehead atoms. The molecule has 0 saturated carbocycles. The molecule has 9 heteroatoms. The topological polar surface area (TPSA) is 99.2 Å². The van der Waals surface area contributed by atoms with Crippen LogP contribution in [0.1, 0.15) is 12.5 Å². The number of hydrogen-bond donors (Lipinski definition) is 0. The number of carbonyl (C=O) groups is 4. The molecule has 1 aromatic carbocycles. The lowest BCUT2D eigenvalue weighted by molar-refractivity contribution is -0.146. The van der Waals surface area contributed by atoms with Gasteiger partial charge in [-0.15, -0.1) is 0 Å². The Morgan fingerprint density at radius 1 is 1.15 bits per heavy atom. The van der Waals surface area contributed by atoms with E-state index >= 15 is 0 Å². The van der Waals surface area contributed by atoms with Crippen molar-refractivity contribution < 1.29 is 33.4 Å². The molecular formula is C17H17NO7S. The number of nitrogens with zero attached hydrogens (tertiary/aromatic N) is 1. The quantitative estimate of drug-likeness (QED) is 0.523. The van der Waals surface area contributed by atoms with Gasteiger partial charge in [-0.25, -0.2) is 4.79 Å². The predicted molar refractivity (Wildman–Crippen MR) is 93.3 cm³/mol. The summed E-state index contributed by atoms with van der Waals surface area (Å²) in [5.74, 6) is -1.21. The highest BCUT2D eigenvalue weighted by Crippen LogP contribution is 2.32. The maximum absolute atomic E-state index is 12.3. The molecule has 0 spiro atoms. The lowest BCUT2D eigenvalue weighted by Gasteiger charge is -2.10. The van der Waals surface area contributed by atoms with Crippen molar-refractivity contribution in [2.75, 3.05) is 26.9 Å². The molecule has 0 aliphatic carbocycles. The van der Waals surface area contributed by atoms with Gasteiger partial charge in [-0.3, -0.25) is 19.3 Å². The van der Waals surface area contributed by atoms with Crippen molar-refractivity contribution in [2.45, 2.75) is 6.92 Å². The van der Waals surface area contributed by atoms with Crippen LogP contribution in [-0.2, 0) is 23.9 Å². The van der Waals surface area contributed by atoms with E-state index in [1.54, 1.807) is 37.3 Å². The Hall–Kier alpha value is -2.81. The lowest BCUT2D eigenvalue weighted by Crippen LogP contribution is -2.34. The highest BCUT2D eigenvalue weighted by Gasteiger charge is 2.36. The largest absolute Gasteiger partial charge is 0.482 e. The molecule has 2 amide bonds. The van der Waals surface area contributed by atoms with Gasteiger partial charge in [0.05, 0.1) is 18.6 Å². The number of methoxy groups -OCH3 is 1. The van der Waals surface area contributed by atoms with E-state index in [-0.39, 0.29) is 18.1 Å². The summed E-state index contributed by atoms with van der Waals surface area (Å²) in [5.41, 5.74) is 0.664. The maximum atomic E-state index is 12.3. The first-order valence-corrected chi connectivity index (χ1v) is 8.47. The van der Waals surface area contributed by atoms with Crippen molar-refractivity contribution in [3.05, 3.63) is 34.7 Å².